The summed E-state index contributed by atoms with van der Waals surface area (Å²) in [5.41, 5.74) is 6.78. The zero-order valence-electron chi connectivity index (χ0n) is 7.49. The summed E-state index contributed by atoms with van der Waals surface area (Å²) in [7, 11) is 0. The lowest BCUT2D eigenvalue weighted by Gasteiger charge is -2.12. The summed E-state index contributed by atoms with van der Waals surface area (Å²) in [6.07, 6.45) is 3.49. The van der Waals surface area contributed by atoms with E-state index in [2.05, 4.69) is 0 Å². The zero-order valence-corrected chi connectivity index (χ0v) is 7.49. The van der Waals surface area contributed by atoms with Crippen LogP contribution in [0.2, 0.25) is 0 Å². The lowest BCUT2D eigenvalue weighted by Crippen LogP contribution is -2.18. The van der Waals surface area contributed by atoms with Gasteiger partial charge in [0.1, 0.15) is 0 Å². The molecule has 1 rings (SSSR count). The molecule has 0 aliphatic heterocycles. The summed E-state index contributed by atoms with van der Waals surface area (Å²) < 4.78 is 10.3. The first kappa shape index (κ1) is 9.29. The van der Waals surface area contributed by atoms with Crippen LogP contribution < -0.4 is 5.73 Å². The highest BCUT2D eigenvalue weighted by Gasteiger charge is 2.07. The summed E-state index contributed by atoms with van der Waals surface area (Å²) in [5.74, 6) is 0. The third-order valence-corrected chi connectivity index (χ3v) is 1.58. The van der Waals surface area contributed by atoms with Crippen LogP contribution in [0.1, 0.15) is 25.5 Å². The molecular weight excluding hydrogens is 154 g/mol. The standard InChI is InChI=1S/C9H15NO2/c1-7(2)12-6-9(10)8-3-4-11-5-8/h3-5,7,9H,6,10H2,1-2H3. The highest BCUT2D eigenvalue weighted by atomic mass is 16.5. The van der Waals surface area contributed by atoms with Crippen LogP contribution in [0, 0.1) is 0 Å². The van der Waals surface area contributed by atoms with E-state index in [0.717, 1.165) is 5.56 Å². The molecular formula is C9H15NO2. The summed E-state index contributed by atoms with van der Waals surface area (Å²) in [6.45, 7) is 4.52. The van der Waals surface area contributed by atoms with Crippen molar-refractivity contribution >= 4 is 0 Å². The summed E-state index contributed by atoms with van der Waals surface area (Å²) >= 11 is 0. The average molecular weight is 169 g/mol. The quantitative estimate of drug-likeness (QED) is 0.746. The van der Waals surface area contributed by atoms with Gasteiger partial charge in [-0.2, -0.15) is 0 Å². The van der Waals surface area contributed by atoms with Crippen molar-refractivity contribution in [2.75, 3.05) is 6.61 Å². The Bertz CT molecular complexity index is 206. The Balaban J connectivity index is 2.34. The molecule has 0 aliphatic rings. The predicted molar refractivity (Wildman–Crippen MR) is 46.7 cm³/mol. The largest absolute Gasteiger partial charge is 0.472 e. The molecule has 1 atom stereocenters. The molecule has 0 aliphatic carbocycles. The maximum absolute atomic E-state index is 5.80. The van der Waals surface area contributed by atoms with Crippen molar-refractivity contribution in [2.24, 2.45) is 5.73 Å². The number of hydrogen-bond acceptors (Lipinski definition) is 3. The van der Waals surface area contributed by atoms with E-state index in [9.17, 15) is 0 Å². The molecule has 1 aromatic rings. The van der Waals surface area contributed by atoms with Crippen molar-refractivity contribution in [2.45, 2.75) is 26.0 Å². The van der Waals surface area contributed by atoms with Crippen molar-refractivity contribution in [3.8, 4) is 0 Å². The monoisotopic (exact) mass is 169 g/mol. The Hall–Kier alpha value is -0.800. The van der Waals surface area contributed by atoms with E-state index in [0.29, 0.717) is 6.61 Å². The van der Waals surface area contributed by atoms with E-state index in [1.54, 1.807) is 12.5 Å². The minimum atomic E-state index is -0.0776. The van der Waals surface area contributed by atoms with Crippen molar-refractivity contribution < 1.29 is 9.15 Å². The second-order valence-corrected chi connectivity index (χ2v) is 3.05. The lowest BCUT2D eigenvalue weighted by molar-refractivity contribution is 0.0682. The molecule has 0 fully saturated rings. The van der Waals surface area contributed by atoms with Crippen molar-refractivity contribution in [3.05, 3.63) is 24.2 Å². The number of furan rings is 1. The van der Waals surface area contributed by atoms with Gasteiger partial charge in [0, 0.05) is 5.56 Å². The summed E-state index contributed by atoms with van der Waals surface area (Å²) in [4.78, 5) is 0. The van der Waals surface area contributed by atoms with Crippen LogP contribution in [-0.4, -0.2) is 12.7 Å². The lowest BCUT2D eigenvalue weighted by atomic mass is 10.2. The van der Waals surface area contributed by atoms with Gasteiger partial charge in [0.05, 0.1) is 31.3 Å². The second kappa shape index (κ2) is 4.28. The van der Waals surface area contributed by atoms with Gasteiger partial charge in [0.25, 0.3) is 0 Å². The topological polar surface area (TPSA) is 48.4 Å². The molecule has 1 aromatic heterocycles. The highest BCUT2D eigenvalue weighted by molar-refractivity contribution is 5.10. The molecule has 2 N–H and O–H groups in total. The van der Waals surface area contributed by atoms with E-state index in [1.807, 2.05) is 19.9 Å². The van der Waals surface area contributed by atoms with Crippen molar-refractivity contribution in [1.29, 1.82) is 0 Å². The first-order chi connectivity index (χ1) is 5.70. The third-order valence-electron chi connectivity index (χ3n) is 1.58. The van der Waals surface area contributed by atoms with Crippen LogP contribution >= 0.6 is 0 Å². The van der Waals surface area contributed by atoms with E-state index in [4.69, 9.17) is 14.9 Å². The fraction of sp³-hybridized carbons (Fsp3) is 0.556. The fourth-order valence-electron chi connectivity index (χ4n) is 0.878. The van der Waals surface area contributed by atoms with Gasteiger partial charge in [-0.25, -0.2) is 0 Å². The van der Waals surface area contributed by atoms with E-state index < -0.39 is 0 Å². The molecule has 3 heteroatoms. The molecule has 0 spiro atoms. The molecule has 0 saturated heterocycles. The van der Waals surface area contributed by atoms with Gasteiger partial charge in [-0.05, 0) is 19.9 Å². The molecule has 3 nitrogen and oxygen atoms in total. The van der Waals surface area contributed by atoms with E-state index in [-0.39, 0.29) is 12.1 Å². The molecule has 1 unspecified atom stereocenters. The maximum atomic E-state index is 5.80. The minimum absolute atomic E-state index is 0.0776. The van der Waals surface area contributed by atoms with Gasteiger partial charge in [-0.15, -0.1) is 0 Å². The Morgan fingerprint density at radius 3 is 2.83 bits per heavy atom. The summed E-state index contributed by atoms with van der Waals surface area (Å²) in [6, 6.07) is 1.78. The zero-order chi connectivity index (χ0) is 8.97. The molecule has 0 amide bonds. The normalized spacial score (nSPS) is 13.7. The van der Waals surface area contributed by atoms with Gasteiger partial charge >= 0.3 is 0 Å². The fourth-order valence-corrected chi connectivity index (χ4v) is 0.878. The molecule has 1 heterocycles. The average Bonchev–Trinajstić information content (AvgIpc) is 2.51. The molecule has 12 heavy (non-hydrogen) atoms. The number of rotatable bonds is 4. The van der Waals surface area contributed by atoms with E-state index >= 15 is 0 Å². The molecule has 0 saturated carbocycles. The highest BCUT2D eigenvalue weighted by Crippen LogP contribution is 2.11. The van der Waals surface area contributed by atoms with Crippen LogP contribution in [0.25, 0.3) is 0 Å². The van der Waals surface area contributed by atoms with Gasteiger partial charge in [-0.3, -0.25) is 0 Å². The van der Waals surface area contributed by atoms with Crippen LogP contribution in [0.4, 0.5) is 0 Å². The van der Waals surface area contributed by atoms with Crippen LogP contribution in [0.3, 0.4) is 0 Å². The van der Waals surface area contributed by atoms with Gasteiger partial charge in [0.2, 0.25) is 0 Å². The Morgan fingerprint density at radius 2 is 2.33 bits per heavy atom. The molecule has 68 valence electrons. The van der Waals surface area contributed by atoms with Gasteiger partial charge < -0.3 is 14.9 Å². The van der Waals surface area contributed by atoms with Crippen molar-refractivity contribution in [1.82, 2.24) is 0 Å². The third kappa shape index (κ3) is 2.68. The molecule has 0 aromatic carbocycles. The smallest absolute Gasteiger partial charge is 0.0951 e. The first-order valence-corrected chi connectivity index (χ1v) is 4.09. The van der Waals surface area contributed by atoms with Gasteiger partial charge in [0.15, 0.2) is 0 Å². The Morgan fingerprint density at radius 1 is 1.58 bits per heavy atom. The van der Waals surface area contributed by atoms with Crippen LogP contribution in [-0.2, 0) is 4.74 Å². The summed E-state index contributed by atoms with van der Waals surface area (Å²) in [5, 5.41) is 0. The Kier molecular flexibility index (Phi) is 3.31. The van der Waals surface area contributed by atoms with Gasteiger partial charge in [-0.1, -0.05) is 0 Å². The maximum Gasteiger partial charge on any atom is 0.0951 e. The minimum Gasteiger partial charge on any atom is -0.472 e. The second-order valence-electron chi connectivity index (χ2n) is 3.05. The molecule has 0 radical (unpaired) electrons. The van der Waals surface area contributed by atoms with Crippen molar-refractivity contribution in [3.63, 3.8) is 0 Å². The Labute approximate surface area is 72.5 Å². The number of hydrogen-bond donors (Lipinski definition) is 1. The SMILES string of the molecule is CC(C)OCC(N)c1ccoc1. The first-order valence-electron chi connectivity index (χ1n) is 4.09. The number of ether oxygens (including phenoxy) is 1. The molecule has 0 bridgehead atoms. The predicted octanol–water partition coefficient (Wildman–Crippen LogP) is 1.70. The van der Waals surface area contributed by atoms with Crippen LogP contribution in [0.5, 0.6) is 0 Å². The van der Waals surface area contributed by atoms with E-state index in [1.165, 1.54) is 0 Å². The number of nitrogens with two attached hydrogens (primary N) is 1. The van der Waals surface area contributed by atoms with Crippen LogP contribution in [0.15, 0.2) is 23.0 Å².